The summed E-state index contributed by atoms with van der Waals surface area (Å²) >= 11 is 0. The Kier molecular flexibility index (Phi) is 2.15. The van der Waals surface area contributed by atoms with Gasteiger partial charge < -0.3 is 0 Å². The maximum absolute atomic E-state index is 10.9. The lowest BCUT2D eigenvalue weighted by Crippen LogP contribution is -1.90. The zero-order chi connectivity index (χ0) is 8.27. The minimum atomic E-state index is -1.09. The van der Waals surface area contributed by atoms with Crippen molar-refractivity contribution in [3.63, 3.8) is 0 Å². The molecule has 0 saturated carbocycles. The van der Waals surface area contributed by atoms with Crippen molar-refractivity contribution in [2.75, 3.05) is 6.26 Å². The average molecular weight is 155 g/mol. The minimum absolute atomic E-state index is 0.601. The molecule has 0 radical (unpaired) electrons. The molecule has 0 heterocycles. The second-order valence-electron chi connectivity index (χ2n) is 2.03. The van der Waals surface area contributed by atoms with E-state index >= 15 is 0 Å². The van der Waals surface area contributed by atoms with Crippen LogP contribution in [-0.4, -0.2) is 10.5 Å². The SMILES string of the molecule is [2H][C@H](c1ccccc1)S(C)=O. The van der Waals surface area contributed by atoms with Crippen LogP contribution < -0.4 is 0 Å². The van der Waals surface area contributed by atoms with Gasteiger partial charge in [-0.15, -0.1) is 0 Å². The van der Waals surface area contributed by atoms with Crippen LogP contribution in [0.5, 0.6) is 0 Å². The van der Waals surface area contributed by atoms with Crippen molar-refractivity contribution in [3.05, 3.63) is 35.9 Å². The highest BCUT2D eigenvalue weighted by atomic mass is 32.2. The molecule has 0 saturated heterocycles. The van der Waals surface area contributed by atoms with Crippen LogP contribution in [0.15, 0.2) is 30.3 Å². The fourth-order valence-electron chi connectivity index (χ4n) is 0.723. The van der Waals surface area contributed by atoms with Crippen LogP contribution in [0.3, 0.4) is 0 Å². The lowest BCUT2D eigenvalue weighted by atomic mass is 10.2. The molecule has 1 nitrogen and oxygen atoms in total. The Hall–Kier alpha value is -0.630. The van der Waals surface area contributed by atoms with Gasteiger partial charge in [0.05, 0.1) is 0 Å². The number of hydrogen-bond donors (Lipinski definition) is 0. The monoisotopic (exact) mass is 155 g/mol. The zero-order valence-electron chi connectivity index (χ0n) is 6.78. The van der Waals surface area contributed by atoms with Gasteiger partial charge in [0, 0.05) is 24.2 Å². The second kappa shape index (κ2) is 3.52. The van der Waals surface area contributed by atoms with Gasteiger partial charge >= 0.3 is 0 Å². The van der Waals surface area contributed by atoms with Crippen LogP contribution in [0.4, 0.5) is 0 Å². The first kappa shape index (κ1) is 6.10. The second-order valence-corrected chi connectivity index (χ2v) is 3.26. The highest BCUT2D eigenvalue weighted by molar-refractivity contribution is 7.83. The van der Waals surface area contributed by atoms with E-state index in [-0.39, 0.29) is 0 Å². The van der Waals surface area contributed by atoms with E-state index in [9.17, 15) is 4.21 Å². The summed E-state index contributed by atoms with van der Waals surface area (Å²) in [5, 5.41) is 0. The van der Waals surface area contributed by atoms with Crippen molar-refractivity contribution >= 4 is 10.8 Å². The molecule has 1 aromatic rings. The molecule has 54 valence electrons. The summed E-state index contributed by atoms with van der Waals surface area (Å²) in [6, 6.07) is 9.22. The van der Waals surface area contributed by atoms with Gasteiger partial charge in [-0.25, -0.2) is 0 Å². The van der Waals surface area contributed by atoms with Crippen LogP contribution in [-0.2, 0) is 16.5 Å². The molecule has 0 aromatic heterocycles. The topological polar surface area (TPSA) is 17.1 Å². The number of rotatable bonds is 2. The summed E-state index contributed by atoms with van der Waals surface area (Å²) < 4.78 is 18.3. The van der Waals surface area contributed by atoms with Crippen molar-refractivity contribution in [3.8, 4) is 0 Å². The van der Waals surface area contributed by atoms with Gasteiger partial charge in [-0.3, -0.25) is 4.21 Å². The first-order valence-electron chi connectivity index (χ1n) is 3.59. The Labute approximate surface area is 64.9 Å². The van der Waals surface area contributed by atoms with Crippen molar-refractivity contribution in [1.82, 2.24) is 0 Å². The highest BCUT2D eigenvalue weighted by Gasteiger charge is 1.91. The Balaban J connectivity index is 2.85. The molecule has 0 bridgehead atoms. The molecule has 10 heavy (non-hydrogen) atoms. The molecule has 0 amide bonds. The summed E-state index contributed by atoms with van der Waals surface area (Å²) in [6.45, 7) is 0. The van der Waals surface area contributed by atoms with Crippen LogP contribution in [0.1, 0.15) is 6.93 Å². The van der Waals surface area contributed by atoms with Gasteiger partial charge in [-0.2, -0.15) is 0 Å². The summed E-state index contributed by atoms with van der Waals surface area (Å²) in [5.74, 6) is 0. The minimum Gasteiger partial charge on any atom is -0.260 e. The van der Waals surface area contributed by atoms with Gasteiger partial charge in [-0.1, -0.05) is 30.3 Å². The molecule has 0 fully saturated rings. The lowest BCUT2D eigenvalue weighted by molar-refractivity contribution is 0.686. The van der Waals surface area contributed by atoms with Gasteiger partial charge in [0.15, 0.2) is 0 Å². The molecule has 0 aliphatic rings. The lowest BCUT2D eigenvalue weighted by Gasteiger charge is -1.94. The molecular formula is C8H10OS. The molecular weight excluding hydrogens is 144 g/mol. The number of benzene rings is 1. The Morgan fingerprint density at radius 2 is 2.10 bits per heavy atom. The van der Waals surface area contributed by atoms with E-state index in [1.807, 2.05) is 30.3 Å². The van der Waals surface area contributed by atoms with Gasteiger partial charge in [0.1, 0.15) is 0 Å². The van der Waals surface area contributed by atoms with E-state index < -0.39 is 16.5 Å². The third-order valence-corrected chi connectivity index (χ3v) is 1.71. The van der Waals surface area contributed by atoms with Crippen molar-refractivity contribution in [2.24, 2.45) is 0 Å². The maximum atomic E-state index is 10.9. The van der Waals surface area contributed by atoms with Crippen LogP contribution in [0, 0.1) is 0 Å². The standard InChI is InChI=1S/C8H10OS/c1-10(9)7-8-5-3-2-4-6-8/h2-6H,7H2,1H3/i7D/t7-,10?/m1/s1. The molecule has 0 aliphatic heterocycles. The van der Waals surface area contributed by atoms with E-state index in [0.717, 1.165) is 5.56 Å². The Bertz CT molecular complexity index is 248. The van der Waals surface area contributed by atoms with E-state index in [1.54, 1.807) is 6.26 Å². The Morgan fingerprint density at radius 3 is 2.60 bits per heavy atom. The summed E-state index contributed by atoms with van der Waals surface area (Å²) in [7, 11) is -1.09. The molecule has 0 N–H and O–H groups in total. The summed E-state index contributed by atoms with van der Waals surface area (Å²) in [4.78, 5) is 0. The summed E-state index contributed by atoms with van der Waals surface area (Å²) in [5.41, 5.74) is 0.213. The smallest absolute Gasteiger partial charge is 0.0482 e. The van der Waals surface area contributed by atoms with E-state index in [0.29, 0.717) is 0 Å². The quantitative estimate of drug-likeness (QED) is 0.633. The Morgan fingerprint density at radius 1 is 1.50 bits per heavy atom. The van der Waals surface area contributed by atoms with Crippen molar-refractivity contribution in [1.29, 1.82) is 0 Å². The molecule has 2 heteroatoms. The van der Waals surface area contributed by atoms with Crippen LogP contribution in [0.2, 0.25) is 0 Å². The number of hydrogen-bond acceptors (Lipinski definition) is 1. The predicted molar refractivity (Wildman–Crippen MR) is 44.2 cm³/mol. The fraction of sp³-hybridized carbons (Fsp3) is 0.250. The third-order valence-electron chi connectivity index (χ3n) is 1.10. The molecule has 1 rings (SSSR count). The largest absolute Gasteiger partial charge is 0.260 e. The molecule has 1 unspecified atom stereocenters. The average Bonchev–Trinajstić information content (AvgIpc) is 2.05. The van der Waals surface area contributed by atoms with E-state index in [2.05, 4.69) is 0 Å². The van der Waals surface area contributed by atoms with E-state index in [4.69, 9.17) is 1.37 Å². The molecule has 2 atom stereocenters. The van der Waals surface area contributed by atoms with Gasteiger partial charge in [0.25, 0.3) is 0 Å². The van der Waals surface area contributed by atoms with Gasteiger partial charge in [0.2, 0.25) is 0 Å². The first-order chi connectivity index (χ1) is 5.22. The molecule has 0 aliphatic carbocycles. The summed E-state index contributed by atoms with van der Waals surface area (Å²) in [6.07, 6.45) is 1.55. The zero-order valence-corrected chi connectivity index (χ0v) is 6.60. The van der Waals surface area contributed by atoms with Crippen molar-refractivity contribution in [2.45, 2.75) is 5.73 Å². The third kappa shape index (κ3) is 2.31. The van der Waals surface area contributed by atoms with E-state index in [1.165, 1.54) is 0 Å². The van der Waals surface area contributed by atoms with Crippen molar-refractivity contribution < 1.29 is 5.58 Å². The van der Waals surface area contributed by atoms with Crippen LogP contribution in [0.25, 0.3) is 0 Å². The fourth-order valence-corrected chi connectivity index (χ4v) is 1.26. The first-order valence-corrected chi connectivity index (χ1v) is 4.63. The maximum Gasteiger partial charge on any atom is 0.0482 e. The van der Waals surface area contributed by atoms with Gasteiger partial charge in [-0.05, 0) is 5.56 Å². The molecule has 0 spiro atoms. The highest BCUT2D eigenvalue weighted by Crippen LogP contribution is 2.00. The molecule has 1 aromatic carbocycles. The predicted octanol–water partition coefficient (Wildman–Crippen LogP) is 1.57. The van der Waals surface area contributed by atoms with Crippen LogP contribution >= 0.6 is 0 Å². The normalized spacial score (nSPS) is 17.5.